The number of nitrogens with zero attached hydrogens (tertiary/aromatic N) is 1. The third kappa shape index (κ3) is 2.85. The van der Waals surface area contributed by atoms with Crippen molar-refractivity contribution in [3.8, 4) is 0 Å². The monoisotopic (exact) mass is 296 g/mol. The van der Waals surface area contributed by atoms with E-state index in [4.69, 9.17) is 4.42 Å². The van der Waals surface area contributed by atoms with E-state index in [0.717, 1.165) is 23.2 Å². The van der Waals surface area contributed by atoms with Crippen molar-refractivity contribution in [2.75, 3.05) is 10.6 Å². The highest BCUT2D eigenvalue weighted by Crippen LogP contribution is 2.20. The maximum absolute atomic E-state index is 11.4. The van der Waals surface area contributed by atoms with E-state index in [-0.39, 0.29) is 5.91 Å². The molecule has 0 saturated heterocycles. The third-order valence-electron chi connectivity index (χ3n) is 2.34. The first-order valence-corrected chi connectivity index (χ1v) is 6.60. The van der Waals surface area contributed by atoms with Gasteiger partial charge in [-0.25, -0.2) is 4.98 Å². The van der Waals surface area contributed by atoms with E-state index in [9.17, 15) is 4.79 Å². The molecule has 1 heterocycles. The van der Waals surface area contributed by atoms with Gasteiger partial charge in [0.15, 0.2) is 11.5 Å². The number of aryl methyl sites for hydroxylation is 1. The molecule has 0 unspecified atom stereocenters. The van der Waals surface area contributed by atoms with Crippen LogP contribution < -0.4 is 5.32 Å². The molecule has 90 valence electrons. The maximum atomic E-state index is 11.4. The van der Waals surface area contributed by atoms with Gasteiger partial charge in [-0.3, -0.25) is 4.79 Å². The minimum atomic E-state index is -0.0135. The normalized spacial score (nSPS) is 10.7. The highest BCUT2D eigenvalue weighted by molar-refractivity contribution is 9.09. The van der Waals surface area contributed by atoms with E-state index in [0.29, 0.717) is 17.6 Å². The molecule has 0 radical (unpaired) electrons. The van der Waals surface area contributed by atoms with Crippen LogP contribution in [-0.4, -0.2) is 16.2 Å². The fourth-order valence-electron chi connectivity index (χ4n) is 1.51. The Morgan fingerprint density at radius 2 is 2.35 bits per heavy atom. The molecule has 0 fully saturated rings. The summed E-state index contributed by atoms with van der Waals surface area (Å²) in [5, 5.41) is 3.47. The van der Waals surface area contributed by atoms with Gasteiger partial charge in [0.1, 0.15) is 5.52 Å². The molecule has 0 aliphatic carbocycles. The smallest absolute Gasteiger partial charge is 0.225 e. The molecule has 0 aliphatic heterocycles. The summed E-state index contributed by atoms with van der Waals surface area (Å²) in [4.78, 5) is 15.7. The van der Waals surface area contributed by atoms with Gasteiger partial charge in [-0.2, -0.15) is 0 Å². The van der Waals surface area contributed by atoms with Crippen molar-refractivity contribution in [2.45, 2.75) is 19.8 Å². The number of anilines is 1. The maximum Gasteiger partial charge on any atom is 0.225 e. The summed E-state index contributed by atoms with van der Waals surface area (Å²) in [5.41, 5.74) is 2.28. The summed E-state index contributed by atoms with van der Waals surface area (Å²) in [6.45, 7) is 1.99. The molecule has 0 bridgehead atoms. The Hall–Kier alpha value is -1.36. The average molecular weight is 297 g/mol. The molecule has 2 rings (SSSR count). The lowest BCUT2D eigenvalue weighted by Crippen LogP contribution is -2.11. The number of oxazole rings is 1. The fourth-order valence-corrected chi connectivity index (χ4v) is 1.87. The van der Waals surface area contributed by atoms with Crippen molar-refractivity contribution < 1.29 is 9.21 Å². The standard InChI is InChI=1S/C12H13BrN2O2/c1-2-12-15-9-7-8(3-4-10(9)17-12)14-11(16)5-6-13/h3-4,7H,2,5-6H2,1H3,(H,14,16). The Balaban J connectivity index is 2.21. The summed E-state index contributed by atoms with van der Waals surface area (Å²) < 4.78 is 5.49. The van der Waals surface area contributed by atoms with Crippen molar-refractivity contribution in [2.24, 2.45) is 0 Å². The van der Waals surface area contributed by atoms with E-state index in [1.54, 1.807) is 0 Å². The van der Waals surface area contributed by atoms with E-state index in [1.807, 2.05) is 25.1 Å². The second kappa shape index (κ2) is 5.31. The summed E-state index contributed by atoms with van der Waals surface area (Å²) in [5.74, 6) is 0.698. The van der Waals surface area contributed by atoms with Crippen molar-refractivity contribution >= 4 is 38.6 Å². The van der Waals surface area contributed by atoms with E-state index in [2.05, 4.69) is 26.2 Å². The number of benzene rings is 1. The Morgan fingerprint density at radius 3 is 3.06 bits per heavy atom. The van der Waals surface area contributed by atoms with E-state index >= 15 is 0 Å². The first kappa shape index (κ1) is 12.1. The fraction of sp³-hybridized carbons (Fsp3) is 0.333. The van der Waals surface area contributed by atoms with Gasteiger partial charge in [-0.05, 0) is 18.2 Å². The molecular formula is C12H13BrN2O2. The Bertz CT molecular complexity index is 536. The van der Waals surface area contributed by atoms with Crippen LogP contribution >= 0.6 is 15.9 Å². The molecule has 4 nitrogen and oxygen atoms in total. The number of halogens is 1. The van der Waals surface area contributed by atoms with E-state index < -0.39 is 0 Å². The van der Waals surface area contributed by atoms with Gasteiger partial charge in [-0.1, -0.05) is 22.9 Å². The SMILES string of the molecule is CCc1nc2cc(NC(=O)CCBr)ccc2o1. The molecule has 17 heavy (non-hydrogen) atoms. The van der Waals surface area contributed by atoms with Gasteiger partial charge in [-0.15, -0.1) is 0 Å². The van der Waals surface area contributed by atoms with Gasteiger partial charge in [0, 0.05) is 23.9 Å². The number of nitrogens with one attached hydrogen (secondary N) is 1. The minimum Gasteiger partial charge on any atom is -0.441 e. The molecule has 1 aromatic heterocycles. The Kier molecular flexibility index (Phi) is 3.78. The molecule has 1 aromatic carbocycles. The Labute approximate surface area is 108 Å². The zero-order valence-electron chi connectivity index (χ0n) is 9.50. The van der Waals surface area contributed by atoms with Gasteiger partial charge in [0.2, 0.25) is 5.91 Å². The molecular weight excluding hydrogens is 284 g/mol. The van der Waals surface area contributed by atoms with Crippen molar-refractivity contribution in [3.63, 3.8) is 0 Å². The van der Waals surface area contributed by atoms with Crippen LogP contribution in [0.5, 0.6) is 0 Å². The number of hydrogen-bond donors (Lipinski definition) is 1. The zero-order valence-corrected chi connectivity index (χ0v) is 11.1. The number of aromatic nitrogens is 1. The number of hydrogen-bond acceptors (Lipinski definition) is 3. The average Bonchev–Trinajstić information content (AvgIpc) is 2.71. The summed E-state index contributed by atoms with van der Waals surface area (Å²) in [6, 6.07) is 5.47. The topological polar surface area (TPSA) is 55.1 Å². The van der Waals surface area contributed by atoms with Gasteiger partial charge < -0.3 is 9.73 Å². The number of fused-ring (bicyclic) bond motifs is 1. The van der Waals surface area contributed by atoms with Gasteiger partial charge >= 0.3 is 0 Å². The Morgan fingerprint density at radius 1 is 1.53 bits per heavy atom. The largest absolute Gasteiger partial charge is 0.441 e. The van der Waals surface area contributed by atoms with Crippen molar-refractivity contribution in [3.05, 3.63) is 24.1 Å². The molecule has 0 aliphatic rings. The minimum absolute atomic E-state index is 0.0135. The first-order valence-electron chi connectivity index (χ1n) is 5.48. The number of carbonyl (C=O) groups excluding carboxylic acids is 1. The summed E-state index contributed by atoms with van der Waals surface area (Å²) in [7, 11) is 0. The van der Waals surface area contributed by atoms with Crippen LogP contribution in [0.15, 0.2) is 22.6 Å². The van der Waals surface area contributed by atoms with Crippen LogP contribution in [0.25, 0.3) is 11.1 Å². The van der Waals surface area contributed by atoms with E-state index in [1.165, 1.54) is 0 Å². The first-order chi connectivity index (χ1) is 8.22. The van der Waals surface area contributed by atoms with Crippen LogP contribution in [0.3, 0.4) is 0 Å². The quantitative estimate of drug-likeness (QED) is 0.882. The lowest BCUT2D eigenvalue weighted by atomic mass is 10.3. The van der Waals surface area contributed by atoms with Crippen LogP contribution in [0, 0.1) is 0 Å². The van der Waals surface area contributed by atoms with Gasteiger partial charge in [0.05, 0.1) is 0 Å². The van der Waals surface area contributed by atoms with Crippen LogP contribution in [0.1, 0.15) is 19.2 Å². The second-order valence-electron chi connectivity index (χ2n) is 3.63. The molecule has 2 aromatic rings. The number of alkyl halides is 1. The lowest BCUT2D eigenvalue weighted by Gasteiger charge is -2.02. The summed E-state index contributed by atoms with van der Waals surface area (Å²) in [6.07, 6.45) is 1.22. The molecule has 5 heteroatoms. The van der Waals surface area contributed by atoms with Crippen LogP contribution in [0.4, 0.5) is 5.69 Å². The predicted octanol–water partition coefficient (Wildman–Crippen LogP) is 3.11. The summed E-state index contributed by atoms with van der Waals surface area (Å²) >= 11 is 3.23. The van der Waals surface area contributed by atoms with Crippen LogP contribution in [0.2, 0.25) is 0 Å². The molecule has 0 atom stereocenters. The number of rotatable bonds is 4. The van der Waals surface area contributed by atoms with Crippen molar-refractivity contribution in [1.29, 1.82) is 0 Å². The zero-order chi connectivity index (χ0) is 12.3. The predicted molar refractivity (Wildman–Crippen MR) is 70.4 cm³/mol. The van der Waals surface area contributed by atoms with Gasteiger partial charge in [0.25, 0.3) is 0 Å². The second-order valence-corrected chi connectivity index (χ2v) is 4.42. The molecule has 0 spiro atoms. The lowest BCUT2D eigenvalue weighted by molar-refractivity contribution is -0.115. The third-order valence-corrected chi connectivity index (χ3v) is 2.74. The number of amides is 1. The number of carbonyl (C=O) groups is 1. The van der Waals surface area contributed by atoms with Crippen LogP contribution in [-0.2, 0) is 11.2 Å². The highest BCUT2D eigenvalue weighted by Gasteiger charge is 2.06. The molecule has 1 N–H and O–H groups in total. The highest BCUT2D eigenvalue weighted by atomic mass is 79.9. The molecule has 1 amide bonds. The molecule has 0 saturated carbocycles. The van der Waals surface area contributed by atoms with Crippen molar-refractivity contribution in [1.82, 2.24) is 4.98 Å².